The number of hydrogen-bond donors (Lipinski definition) is 1. The zero-order valence-corrected chi connectivity index (χ0v) is 12.5. The predicted molar refractivity (Wildman–Crippen MR) is 85.1 cm³/mol. The van der Waals surface area contributed by atoms with E-state index < -0.39 is 0 Å². The molecule has 0 aliphatic carbocycles. The monoisotopic (exact) mass is 269 g/mol. The molecule has 2 aromatic rings. The van der Waals surface area contributed by atoms with Crippen LogP contribution in [0.5, 0.6) is 5.75 Å². The first kappa shape index (κ1) is 14.6. The Kier molecular flexibility index (Phi) is 5.19. The highest BCUT2D eigenvalue weighted by molar-refractivity contribution is 5.65. The van der Waals surface area contributed by atoms with Crippen LogP contribution in [0.3, 0.4) is 0 Å². The summed E-state index contributed by atoms with van der Waals surface area (Å²) in [4.78, 5) is 0. The number of nitrogens with one attached hydrogen (secondary N) is 1. The van der Waals surface area contributed by atoms with Crippen LogP contribution in [-0.4, -0.2) is 13.7 Å². The van der Waals surface area contributed by atoms with E-state index in [-0.39, 0.29) is 0 Å². The Balaban J connectivity index is 2.14. The number of hydrogen-bond acceptors (Lipinski definition) is 2. The van der Waals surface area contributed by atoms with Gasteiger partial charge in [0.05, 0.1) is 7.11 Å². The molecule has 0 bridgehead atoms. The molecule has 0 radical (unpaired) electrons. The molecule has 106 valence electrons. The maximum atomic E-state index is 5.27. The van der Waals surface area contributed by atoms with Crippen molar-refractivity contribution in [2.45, 2.75) is 26.3 Å². The van der Waals surface area contributed by atoms with Gasteiger partial charge in [0, 0.05) is 6.04 Å². The number of methoxy groups -OCH3 is 1. The fourth-order valence-electron chi connectivity index (χ4n) is 2.25. The molecule has 2 aromatic carbocycles. The van der Waals surface area contributed by atoms with Gasteiger partial charge in [-0.05, 0) is 48.7 Å². The van der Waals surface area contributed by atoms with E-state index in [4.69, 9.17) is 4.74 Å². The molecular weight excluding hydrogens is 246 g/mol. The van der Waals surface area contributed by atoms with Gasteiger partial charge in [0.25, 0.3) is 0 Å². The molecule has 0 spiro atoms. The second-order valence-electron chi connectivity index (χ2n) is 5.03. The van der Waals surface area contributed by atoms with E-state index in [2.05, 4.69) is 55.6 Å². The summed E-state index contributed by atoms with van der Waals surface area (Å²) in [6.45, 7) is 5.45. The van der Waals surface area contributed by atoms with Gasteiger partial charge in [-0.1, -0.05) is 43.3 Å². The third-order valence-corrected chi connectivity index (χ3v) is 3.51. The minimum Gasteiger partial charge on any atom is -0.497 e. The van der Waals surface area contributed by atoms with E-state index >= 15 is 0 Å². The van der Waals surface area contributed by atoms with Crippen molar-refractivity contribution in [2.24, 2.45) is 0 Å². The lowest BCUT2D eigenvalue weighted by Crippen LogP contribution is -2.19. The molecule has 20 heavy (non-hydrogen) atoms. The number of benzene rings is 2. The highest BCUT2D eigenvalue weighted by atomic mass is 16.5. The van der Waals surface area contributed by atoms with Gasteiger partial charge in [0.15, 0.2) is 0 Å². The zero-order chi connectivity index (χ0) is 14.4. The summed E-state index contributed by atoms with van der Waals surface area (Å²) in [5.74, 6) is 0.893. The van der Waals surface area contributed by atoms with Crippen molar-refractivity contribution >= 4 is 0 Å². The Hall–Kier alpha value is -1.80. The molecule has 2 heteroatoms. The van der Waals surface area contributed by atoms with Crippen molar-refractivity contribution in [3.8, 4) is 16.9 Å². The molecule has 0 saturated heterocycles. The summed E-state index contributed by atoms with van der Waals surface area (Å²) in [6, 6.07) is 17.3. The van der Waals surface area contributed by atoms with E-state index in [0.29, 0.717) is 6.04 Å². The minimum atomic E-state index is 0.398. The van der Waals surface area contributed by atoms with Crippen LogP contribution in [0.2, 0.25) is 0 Å². The van der Waals surface area contributed by atoms with Crippen LogP contribution in [0, 0.1) is 0 Å². The van der Waals surface area contributed by atoms with Crippen LogP contribution in [0.25, 0.3) is 11.1 Å². The normalized spacial score (nSPS) is 12.2. The Labute approximate surface area is 121 Å². The zero-order valence-electron chi connectivity index (χ0n) is 12.5. The van der Waals surface area contributed by atoms with Gasteiger partial charge in [-0.15, -0.1) is 0 Å². The van der Waals surface area contributed by atoms with Crippen LogP contribution >= 0.6 is 0 Å². The van der Waals surface area contributed by atoms with Crippen LogP contribution in [0.1, 0.15) is 31.9 Å². The lowest BCUT2D eigenvalue weighted by Gasteiger charge is -2.14. The molecule has 0 heterocycles. The first-order valence-electron chi connectivity index (χ1n) is 7.22. The maximum absolute atomic E-state index is 5.27. The van der Waals surface area contributed by atoms with Crippen molar-refractivity contribution in [1.29, 1.82) is 0 Å². The second kappa shape index (κ2) is 7.11. The van der Waals surface area contributed by atoms with Gasteiger partial charge in [0.1, 0.15) is 5.75 Å². The molecule has 0 aliphatic heterocycles. The molecule has 0 amide bonds. The van der Waals surface area contributed by atoms with E-state index in [9.17, 15) is 0 Å². The number of rotatable bonds is 6. The second-order valence-corrected chi connectivity index (χ2v) is 5.03. The predicted octanol–water partition coefficient (Wildman–Crippen LogP) is 4.42. The maximum Gasteiger partial charge on any atom is 0.119 e. The van der Waals surface area contributed by atoms with Gasteiger partial charge in [0.2, 0.25) is 0 Å². The van der Waals surface area contributed by atoms with E-state index in [0.717, 1.165) is 18.7 Å². The van der Waals surface area contributed by atoms with Crippen molar-refractivity contribution in [1.82, 2.24) is 5.32 Å². The van der Waals surface area contributed by atoms with E-state index in [1.807, 2.05) is 12.1 Å². The van der Waals surface area contributed by atoms with Crippen molar-refractivity contribution in [3.63, 3.8) is 0 Å². The summed E-state index contributed by atoms with van der Waals surface area (Å²) in [5, 5.41) is 3.51. The highest BCUT2D eigenvalue weighted by Crippen LogP contribution is 2.25. The molecule has 1 unspecified atom stereocenters. The average Bonchev–Trinajstić information content (AvgIpc) is 2.52. The van der Waals surface area contributed by atoms with Crippen LogP contribution in [-0.2, 0) is 0 Å². The Bertz CT molecular complexity index is 533. The molecule has 1 N–H and O–H groups in total. The third-order valence-electron chi connectivity index (χ3n) is 3.51. The molecular formula is C18H23NO. The SMILES string of the molecule is CCCNC(C)c1ccc(-c2cccc(OC)c2)cc1. The minimum absolute atomic E-state index is 0.398. The van der Waals surface area contributed by atoms with Gasteiger partial charge in [-0.2, -0.15) is 0 Å². The largest absolute Gasteiger partial charge is 0.497 e. The topological polar surface area (TPSA) is 21.3 Å². The molecule has 1 atom stereocenters. The van der Waals surface area contributed by atoms with Gasteiger partial charge >= 0.3 is 0 Å². The van der Waals surface area contributed by atoms with Gasteiger partial charge < -0.3 is 10.1 Å². The van der Waals surface area contributed by atoms with E-state index in [1.165, 1.54) is 16.7 Å². The first-order chi connectivity index (χ1) is 9.74. The Morgan fingerprint density at radius 3 is 2.45 bits per heavy atom. The number of ether oxygens (including phenoxy) is 1. The lowest BCUT2D eigenvalue weighted by atomic mass is 10.0. The summed E-state index contributed by atoms with van der Waals surface area (Å²) < 4.78 is 5.27. The van der Waals surface area contributed by atoms with Crippen LogP contribution in [0.15, 0.2) is 48.5 Å². The quantitative estimate of drug-likeness (QED) is 0.838. The van der Waals surface area contributed by atoms with Gasteiger partial charge in [-0.25, -0.2) is 0 Å². The Morgan fingerprint density at radius 2 is 1.80 bits per heavy atom. The van der Waals surface area contributed by atoms with Crippen LogP contribution < -0.4 is 10.1 Å². The molecule has 2 rings (SSSR count). The fraction of sp³-hybridized carbons (Fsp3) is 0.333. The average molecular weight is 269 g/mol. The van der Waals surface area contributed by atoms with Gasteiger partial charge in [-0.3, -0.25) is 0 Å². The summed E-state index contributed by atoms with van der Waals surface area (Å²) in [6.07, 6.45) is 1.16. The molecule has 0 fully saturated rings. The van der Waals surface area contributed by atoms with E-state index in [1.54, 1.807) is 7.11 Å². The first-order valence-corrected chi connectivity index (χ1v) is 7.22. The molecule has 0 aliphatic rings. The molecule has 0 aromatic heterocycles. The summed E-state index contributed by atoms with van der Waals surface area (Å²) >= 11 is 0. The summed E-state index contributed by atoms with van der Waals surface area (Å²) in [5.41, 5.74) is 3.73. The molecule has 2 nitrogen and oxygen atoms in total. The standard InChI is InChI=1S/C18H23NO/c1-4-12-19-14(2)15-8-10-16(11-9-15)17-6-5-7-18(13-17)20-3/h5-11,13-14,19H,4,12H2,1-3H3. The third kappa shape index (κ3) is 3.61. The smallest absolute Gasteiger partial charge is 0.119 e. The van der Waals surface area contributed by atoms with Crippen molar-refractivity contribution in [2.75, 3.05) is 13.7 Å². The molecule has 0 saturated carbocycles. The lowest BCUT2D eigenvalue weighted by molar-refractivity contribution is 0.415. The summed E-state index contributed by atoms with van der Waals surface area (Å²) in [7, 11) is 1.70. The Morgan fingerprint density at radius 1 is 1.05 bits per heavy atom. The van der Waals surface area contributed by atoms with Crippen LogP contribution in [0.4, 0.5) is 0 Å². The highest BCUT2D eigenvalue weighted by Gasteiger charge is 2.05. The fourth-order valence-corrected chi connectivity index (χ4v) is 2.25. The van der Waals surface area contributed by atoms with Crippen molar-refractivity contribution in [3.05, 3.63) is 54.1 Å². The van der Waals surface area contributed by atoms with Crippen molar-refractivity contribution < 1.29 is 4.74 Å².